The Hall–Kier alpha value is -2.50. The van der Waals surface area contributed by atoms with E-state index in [-0.39, 0.29) is 5.69 Å². The van der Waals surface area contributed by atoms with Crippen LogP contribution >= 0.6 is 0 Å². The van der Waals surface area contributed by atoms with E-state index in [1.54, 1.807) is 19.2 Å². The summed E-state index contributed by atoms with van der Waals surface area (Å²) in [6.45, 7) is 1.86. The molecule has 1 N–H and O–H groups in total. The maximum absolute atomic E-state index is 10.8. The predicted octanol–water partition coefficient (Wildman–Crippen LogP) is 2.37. The quantitative estimate of drug-likeness (QED) is 0.911. The molecule has 1 heterocycles. The van der Waals surface area contributed by atoms with Crippen LogP contribution in [0.15, 0.2) is 22.7 Å². The fourth-order valence-electron chi connectivity index (χ4n) is 1.75. The summed E-state index contributed by atoms with van der Waals surface area (Å²) in [6, 6.07) is 4.88. The summed E-state index contributed by atoms with van der Waals surface area (Å²) < 4.78 is 15.4. The molecule has 0 aliphatic heterocycles. The Morgan fingerprint density at radius 1 is 1.21 bits per heavy atom. The topological polar surface area (TPSA) is 81.8 Å². The average molecular weight is 263 g/mol. The van der Waals surface area contributed by atoms with Crippen molar-refractivity contribution in [1.82, 2.24) is 5.16 Å². The summed E-state index contributed by atoms with van der Waals surface area (Å²) in [4.78, 5) is 10.8. The number of carboxylic acids is 1. The van der Waals surface area contributed by atoms with E-state index in [1.165, 1.54) is 13.2 Å². The van der Waals surface area contributed by atoms with E-state index in [0.717, 1.165) is 5.56 Å². The number of nitrogens with zero attached hydrogens (tertiary/aromatic N) is 1. The van der Waals surface area contributed by atoms with Gasteiger partial charge >= 0.3 is 5.97 Å². The molecule has 0 radical (unpaired) electrons. The first-order chi connectivity index (χ1) is 9.06. The van der Waals surface area contributed by atoms with Crippen molar-refractivity contribution in [3.8, 4) is 22.8 Å². The zero-order valence-electron chi connectivity index (χ0n) is 10.8. The van der Waals surface area contributed by atoms with Crippen LogP contribution < -0.4 is 9.47 Å². The van der Waals surface area contributed by atoms with Crippen molar-refractivity contribution in [3.63, 3.8) is 0 Å². The second kappa shape index (κ2) is 5.01. The van der Waals surface area contributed by atoms with Gasteiger partial charge in [-0.25, -0.2) is 4.79 Å². The Balaban J connectivity index is 2.51. The lowest BCUT2D eigenvalue weighted by atomic mass is 10.1. The molecular weight excluding hydrogens is 250 g/mol. The zero-order chi connectivity index (χ0) is 14.0. The number of carbonyl (C=O) groups is 1. The summed E-state index contributed by atoms with van der Waals surface area (Å²) in [5.74, 6) is 0.377. The molecule has 0 bridgehead atoms. The molecule has 0 unspecified atom stereocenters. The summed E-state index contributed by atoms with van der Waals surface area (Å²) in [7, 11) is 3.08. The molecule has 6 heteroatoms. The van der Waals surface area contributed by atoms with Crippen LogP contribution in [0.5, 0.6) is 11.5 Å². The molecular formula is C13H13NO5. The number of aromatic nitrogens is 1. The number of carboxylic acid groups (broad SMARTS) is 1. The molecule has 0 aliphatic rings. The van der Waals surface area contributed by atoms with E-state index >= 15 is 0 Å². The van der Waals surface area contributed by atoms with Crippen molar-refractivity contribution >= 4 is 5.97 Å². The largest absolute Gasteiger partial charge is 0.493 e. The van der Waals surface area contributed by atoms with Crippen LogP contribution in [-0.4, -0.2) is 30.5 Å². The molecule has 0 fully saturated rings. The fraction of sp³-hybridized carbons (Fsp3) is 0.231. The summed E-state index contributed by atoms with van der Waals surface area (Å²) in [5, 5.41) is 12.3. The highest BCUT2D eigenvalue weighted by Crippen LogP contribution is 2.35. The van der Waals surface area contributed by atoms with Crippen molar-refractivity contribution in [1.29, 1.82) is 0 Å². The molecule has 1 aromatic heterocycles. The van der Waals surface area contributed by atoms with Gasteiger partial charge < -0.3 is 19.1 Å². The number of aryl methyl sites for hydroxylation is 1. The van der Waals surface area contributed by atoms with Gasteiger partial charge in [0.05, 0.1) is 14.2 Å². The van der Waals surface area contributed by atoms with E-state index in [2.05, 4.69) is 5.16 Å². The molecule has 0 aliphatic carbocycles. The normalized spacial score (nSPS) is 10.3. The Bertz CT molecular complexity index is 617. The standard InChI is InChI=1S/C13H13NO5/c1-7-4-11(17-2)12(18-3)5-8(7)10-6-9(13(15)16)14-19-10/h4-6H,1-3H3,(H,15,16). The maximum atomic E-state index is 10.8. The number of rotatable bonds is 4. The lowest BCUT2D eigenvalue weighted by Crippen LogP contribution is -1.95. The number of hydrogen-bond donors (Lipinski definition) is 1. The number of aromatic carboxylic acids is 1. The van der Waals surface area contributed by atoms with Crippen LogP contribution in [0.25, 0.3) is 11.3 Å². The second-order valence-corrected chi connectivity index (χ2v) is 3.90. The Labute approximate surface area is 109 Å². The molecule has 2 rings (SSSR count). The van der Waals surface area contributed by atoms with Crippen LogP contribution in [0, 0.1) is 6.92 Å². The van der Waals surface area contributed by atoms with Crippen molar-refractivity contribution < 1.29 is 23.9 Å². The van der Waals surface area contributed by atoms with Gasteiger partial charge in [0.25, 0.3) is 0 Å². The molecule has 0 spiro atoms. The second-order valence-electron chi connectivity index (χ2n) is 3.90. The summed E-state index contributed by atoms with van der Waals surface area (Å²) in [5.41, 5.74) is 1.44. The zero-order valence-corrected chi connectivity index (χ0v) is 10.8. The first-order valence-corrected chi connectivity index (χ1v) is 5.49. The molecule has 19 heavy (non-hydrogen) atoms. The SMILES string of the molecule is COc1cc(C)c(-c2cc(C(=O)O)no2)cc1OC. The average Bonchev–Trinajstić information content (AvgIpc) is 2.87. The van der Waals surface area contributed by atoms with Gasteiger partial charge in [-0.15, -0.1) is 0 Å². The molecule has 0 amide bonds. The van der Waals surface area contributed by atoms with Crippen molar-refractivity contribution in [2.45, 2.75) is 6.92 Å². The van der Waals surface area contributed by atoms with Crippen LogP contribution in [0.4, 0.5) is 0 Å². The van der Waals surface area contributed by atoms with Crippen molar-refractivity contribution in [3.05, 3.63) is 29.5 Å². The molecule has 0 atom stereocenters. The van der Waals surface area contributed by atoms with Crippen molar-refractivity contribution in [2.24, 2.45) is 0 Å². The summed E-state index contributed by atoms with van der Waals surface area (Å²) in [6.07, 6.45) is 0. The third kappa shape index (κ3) is 2.37. The van der Waals surface area contributed by atoms with E-state index in [0.29, 0.717) is 22.8 Å². The Morgan fingerprint density at radius 2 is 1.84 bits per heavy atom. The van der Waals surface area contributed by atoms with Gasteiger partial charge in [0.15, 0.2) is 23.0 Å². The number of benzene rings is 1. The molecule has 0 saturated heterocycles. The van der Waals surface area contributed by atoms with Gasteiger partial charge in [-0.3, -0.25) is 0 Å². The van der Waals surface area contributed by atoms with Crippen LogP contribution in [-0.2, 0) is 0 Å². The van der Waals surface area contributed by atoms with E-state index in [9.17, 15) is 4.79 Å². The van der Waals surface area contributed by atoms with Crippen LogP contribution in [0.3, 0.4) is 0 Å². The Morgan fingerprint density at radius 3 is 2.37 bits per heavy atom. The van der Waals surface area contributed by atoms with E-state index < -0.39 is 5.97 Å². The number of hydrogen-bond acceptors (Lipinski definition) is 5. The lowest BCUT2D eigenvalue weighted by molar-refractivity contribution is 0.0686. The highest BCUT2D eigenvalue weighted by Gasteiger charge is 2.16. The van der Waals surface area contributed by atoms with Gasteiger partial charge in [0, 0.05) is 11.6 Å². The molecule has 2 aromatic rings. The molecule has 6 nitrogen and oxygen atoms in total. The van der Waals surface area contributed by atoms with Gasteiger partial charge in [0.1, 0.15) is 0 Å². The van der Waals surface area contributed by atoms with E-state index in [4.69, 9.17) is 19.1 Å². The molecule has 100 valence electrons. The minimum Gasteiger partial charge on any atom is -0.493 e. The van der Waals surface area contributed by atoms with Crippen LogP contribution in [0.1, 0.15) is 16.1 Å². The van der Waals surface area contributed by atoms with Gasteiger partial charge in [-0.1, -0.05) is 5.16 Å². The lowest BCUT2D eigenvalue weighted by Gasteiger charge is -2.10. The highest BCUT2D eigenvalue weighted by molar-refractivity contribution is 5.86. The minimum atomic E-state index is -1.13. The fourth-order valence-corrected chi connectivity index (χ4v) is 1.75. The van der Waals surface area contributed by atoms with E-state index in [1.807, 2.05) is 6.92 Å². The third-order valence-corrected chi connectivity index (χ3v) is 2.73. The highest BCUT2D eigenvalue weighted by atomic mass is 16.5. The number of ether oxygens (including phenoxy) is 2. The minimum absolute atomic E-state index is 0.135. The van der Waals surface area contributed by atoms with Gasteiger partial charge in [-0.05, 0) is 24.6 Å². The van der Waals surface area contributed by atoms with Crippen LogP contribution in [0.2, 0.25) is 0 Å². The van der Waals surface area contributed by atoms with Crippen molar-refractivity contribution in [2.75, 3.05) is 14.2 Å². The first-order valence-electron chi connectivity index (χ1n) is 5.49. The Kier molecular flexibility index (Phi) is 3.41. The number of methoxy groups -OCH3 is 2. The first kappa shape index (κ1) is 12.9. The predicted molar refractivity (Wildman–Crippen MR) is 66.7 cm³/mol. The molecule has 1 aromatic carbocycles. The maximum Gasteiger partial charge on any atom is 0.358 e. The molecule has 0 saturated carbocycles. The van der Waals surface area contributed by atoms with Gasteiger partial charge in [0.2, 0.25) is 0 Å². The van der Waals surface area contributed by atoms with Gasteiger partial charge in [-0.2, -0.15) is 0 Å². The monoisotopic (exact) mass is 263 g/mol. The third-order valence-electron chi connectivity index (χ3n) is 2.73. The summed E-state index contributed by atoms with van der Waals surface area (Å²) >= 11 is 0. The smallest absolute Gasteiger partial charge is 0.358 e.